The highest BCUT2D eigenvalue weighted by molar-refractivity contribution is 5.94. The first kappa shape index (κ1) is 28.7. The molecule has 9 heteroatoms. The molecule has 2 heterocycles. The number of aryl methyl sites for hydroxylation is 3. The maximum Gasteiger partial charge on any atom is 0.407 e. The Morgan fingerprint density at radius 2 is 1.74 bits per heavy atom. The number of nitrogens with two attached hydrogens (primary N) is 1. The second-order valence-electron chi connectivity index (χ2n) is 11.1. The molecule has 0 saturated carbocycles. The fraction of sp³-hybridized carbons (Fsp3) is 0.448. The minimum Gasteiger partial charge on any atom is -0.471 e. The number of carbonyl (C=O) groups is 2. The molecule has 0 aliphatic carbocycles. The Bertz CT molecular complexity index is 1300. The van der Waals surface area contributed by atoms with Crippen LogP contribution in [0.25, 0.3) is 11.1 Å². The summed E-state index contributed by atoms with van der Waals surface area (Å²) in [5.74, 6) is -0.125. The quantitative estimate of drug-likeness (QED) is 0.409. The van der Waals surface area contributed by atoms with Crippen molar-refractivity contribution in [1.29, 1.82) is 0 Å². The van der Waals surface area contributed by atoms with Gasteiger partial charge in [0.1, 0.15) is 18.8 Å². The number of amides is 2. The predicted molar refractivity (Wildman–Crippen MR) is 147 cm³/mol. The summed E-state index contributed by atoms with van der Waals surface area (Å²) in [6.07, 6.45) is 1.75. The van der Waals surface area contributed by atoms with E-state index in [2.05, 4.69) is 24.3 Å². The van der Waals surface area contributed by atoms with Crippen molar-refractivity contribution in [3.05, 3.63) is 64.1 Å². The van der Waals surface area contributed by atoms with Crippen LogP contribution in [0.2, 0.25) is 0 Å². The average Bonchev–Trinajstić information content (AvgIpc) is 3.17. The summed E-state index contributed by atoms with van der Waals surface area (Å²) in [4.78, 5) is 29.4. The van der Waals surface area contributed by atoms with Crippen LogP contribution in [0.3, 0.4) is 0 Å². The van der Waals surface area contributed by atoms with E-state index in [4.69, 9.17) is 20.2 Å². The van der Waals surface area contributed by atoms with E-state index in [1.165, 1.54) is 10.9 Å². The minimum absolute atomic E-state index is 0.0452. The fourth-order valence-electron chi connectivity index (χ4n) is 4.17. The van der Waals surface area contributed by atoms with E-state index in [9.17, 15) is 9.59 Å². The van der Waals surface area contributed by atoms with E-state index in [1.54, 1.807) is 7.05 Å². The van der Waals surface area contributed by atoms with Crippen LogP contribution in [-0.2, 0) is 31.4 Å². The Balaban J connectivity index is 2.13. The van der Waals surface area contributed by atoms with Crippen LogP contribution in [0.5, 0.6) is 5.88 Å². The lowest BCUT2D eigenvalue weighted by Gasteiger charge is -2.23. The first-order valence-corrected chi connectivity index (χ1v) is 12.7. The molecule has 0 radical (unpaired) electrons. The Kier molecular flexibility index (Phi) is 8.81. The van der Waals surface area contributed by atoms with Crippen molar-refractivity contribution in [2.45, 2.75) is 73.6 Å². The number of rotatable bonds is 9. The van der Waals surface area contributed by atoms with Gasteiger partial charge in [-0.2, -0.15) is 0 Å². The highest BCUT2D eigenvalue weighted by Crippen LogP contribution is 2.34. The van der Waals surface area contributed by atoms with Gasteiger partial charge in [-0.3, -0.25) is 14.5 Å². The number of ether oxygens (including phenoxy) is 2. The molecular formula is C29H39N5O4. The SMILES string of the molecule is Cc1ccc(-c2c(COc3nn(C)cc3C(N)=O)c(C)nc(CC(C)C)c2COC(=O)NC(C)(C)C)cc1. The number of hydrogen-bond donors (Lipinski definition) is 2. The zero-order valence-corrected chi connectivity index (χ0v) is 23.6. The molecule has 0 aliphatic heterocycles. The van der Waals surface area contributed by atoms with Crippen LogP contribution in [0.4, 0.5) is 4.79 Å². The Morgan fingerprint density at radius 3 is 2.32 bits per heavy atom. The third kappa shape index (κ3) is 7.34. The van der Waals surface area contributed by atoms with Crippen LogP contribution >= 0.6 is 0 Å². The molecule has 204 valence electrons. The lowest BCUT2D eigenvalue weighted by atomic mass is 9.90. The van der Waals surface area contributed by atoms with Gasteiger partial charge in [0.15, 0.2) is 0 Å². The second kappa shape index (κ2) is 11.7. The van der Waals surface area contributed by atoms with Crippen molar-refractivity contribution in [3.8, 4) is 17.0 Å². The van der Waals surface area contributed by atoms with Gasteiger partial charge in [-0.05, 0) is 58.1 Å². The molecule has 0 bridgehead atoms. The van der Waals surface area contributed by atoms with Crippen LogP contribution in [-0.4, -0.2) is 32.3 Å². The molecule has 0 saturated heterocycles. The first-order chi connectivity index (χ1) is 17.7. The van der Waals surface area contributed by atoms with Crippen molar-refractivity contribution in [2.75, 3.05) is 0 Å². The molecule has 9 nitrogen and oxygen atoms in total. The lowest BCUT2D eigenvalue weighted by Crippen LogP contribution is -2.40. The molecule has 0 spiro atoms. The number of benzene rings is 1. The highest BCUT2D eigenvalue weighted by atomic mass is 16.5. The van der Waals surface area contributed by atoms with E-state index in [0.717, 1.165) is 39.2 Å². The van der Waals surface area contributed by atoms with Gasteiger partial charge in [0.05, 0.1) is 0 Å². The zero-order valence-electron chi connectivity index (χ0n) is 23.6. The molecule has 0 unspecified atom stereocenters. The smallest absolute Gasteiger partial charge is 0.407 e. The van der Waals surface area contributed by atoms with E-state index < -0.39 is 17.5 Å². The number of alkyl carbamates (subject to hydrolysis) is 1. The topological polar surface area (TPSA) is 121 Å². The van der Waals surface area contributed by atoms with Crippen molar-refractivity contribution in [1.82, 2.24) is 20.1 Å². The van der Waals surface area contributed by atoms with Crippen molar-refractivity contribution >= 4 is 12.0 Å². The maximum absolute atomic E-state index is 12.6. The molecule has 2 aromatic heterocycles. The molecule has 3 aromatic rings. The normalized spacial score (nSPS) is 11.5. The van der Waals surface area contributed by atoms with Gasteiger partial charge in [-0.25, -0.2) is 4.79 Å². The van der Waals surface area contributed by atoms with E-state index in [0.29, 0.717) is 12.3 Å². The molecule has 3 N–H and O–H groups in total. The number of nitrogens with zero attached hydrogens (tertiary/aromatic N) is 3. The molecule has 38 heavy (non-hydrogen) atoms. The number of pyridine rings is 1. The fourth-order valence-corrected chi connectivity index (χ4v) is 4.17. The number of nitrogens with one attached hydrogen (secondary N) is 1. The summed E-state index contributed by atoms with van der Waals surface area (Å²) < 4.78 is 13.2. The Hall–Kier alpha value is -3.88. The summed E-state index contributed by atoms with van der Waals surface area (Å²) in [5, 5.41) is 7.11. The highest BCUT2D eigenvalue weighted by Gasteiger charge is 2.24. The molecular weight excluding hydrogens is 482 g/mol. The molecule has 0 fully saturated rings. The third-order valence-corrected chi connectivity index (χ3v) is 5.87. The largest absolute Gasteiger partial charge is 0.471 e. The number of hydrogen-bond acceptors (Lipinski definition) is 6. The number of carbonyl (C=O) groups excluding carboxylic acids is 2. The van der Waals surface area contributed by atoms with Gasteiger partial charge >= 0.3 is 6.09 Å². The number of aromatic nitrogens is 3. The summed E-state index contributed by atoms with van der Waals surface area (Å²) in [6, 6.07) is 8.17. The van der Waals surface area contributed by atoms with Crippen LogP contribution in [0.15, 0.2) is 30.5 Å². The van der Waals surface area contributed by atoms with E-state index >= 15 is 0 Å². The molecule has 0 atom stereocenters. The lowest BCUT2D eigenvalue weighted by molar-refractivity contribution is 0.0995. The summed E-state index contributed by atoms with van der Waals surface area (Å²) in [5.41, 5.74) is 11.6. The van der Waals surface area contributed by atoms with E-state index in [-0.39, 0.29) is 24.7 Å². The van der Waals surface area contributed by atoms with Gasteiger partial charge in [0, 0.05) is 41.3 Å². The summed E-state index contributed by atoms with van der Waals surface area (Å²) >= 11 is 0. The Labute approximate surface area is 224 Å². The first-order valence-electron chi connectivity index (χ1n) is 12.7. The maximum atomic E-state index is 12.6. The monoisotopic (exact) mass is 521 g/mol. The molecule has 0 aliphatic rings. The number of primary amides is 1. The summed E-state index contributed by atoms with van der Waals surface area (Å²) in [7, 11) is 1.70. The molecule has 1 aromatic carbocycles. The third-order valence-electron chi connectivity index (χ3n) is 5.87. The van der Waals surface area contributed by atoms with Crippen molar-refractivity contribution in [2.24, 2.45) is 18.7 Å². The molecule has 2 amide bonds. The van der Waals surface area contributed by atoms with Crippen LogP contribution in [0.1, 0.15) is 73.1 Å². The average molecular weight is 522 g/mol. The van der Waals surface area contributed by atoms with Gasteiger partial charge in [0.25, 0.3) is 5.91 Å². The van der Waals surface area contributed by atoms with E-state index in [1.807, 2.05) is 58.9 Å². The zero-order chi connectivity index (χ0) is 28.2. The van der Waals surface area contributed by atoms with Gasteiger partial charge < -0.3 is 20.5 Å². The van der Waals surface area contributed by atoms with Crippen molar-refractivity contribution < 1.29 is 19.1 Å². The summed E-state index contributed by atoms with van der Waals surface area (Å²) in [6.45, 7) is 14.1. The minimum atomic E-state index is -0.618. The predicted octanol–water partition coefficient (Wildman–Crippen LogP) is 5.00. The second-order valence-corrected chi connectivity index (χ2v) is 11.1. The van der Waals surface area contributed by atoms with Gasteiger partial charge in [0.2, 0.25) is 5.88 Å². The Morgan fingerprint density at radius 1 is 1.08 bits per heavy atom. The van der Waals surface area contributed by atoms with Crippen LogP contribution in [0, 0.1) is 19.8 Å². The van der Waals surface area contributed by atoms with Gasteiger partial charge in [-0.15, -0.1) is 5.10 Å². The standard InChI is InChI=1S/C29H39N5O4/c1-17(2)13-24-23(16-38-28(36)32-29(5,6)7)25(20-11-9-18(3)10-12-20)22(19(4)31-24)15-37-27-21(26(30)35)14-34(8)33-27/h9-12,14,17H,13,15-16H2,1-8H3,(H2,30,35)(H,32,36). The van der Waals surface area contributed by atoms with Crippen molar-refractivity contribution in [3.63, 3.8) is 0 Å². The van der Waals surface area contributed by atoms with Gasteiger partial charge in [-0.1, -0.05) is 43.7 Å². The van der Waals surface area contributed by atoms with Crippen LogP contribution < -0.4 is 15.8 Å². The molecule has 3 rings (SSSR count).